The molecular formula is C28H29N3O5S. The first kappa shape index (κ1) is 26.0. The van der Waals surface area contributed by atoms with Gasteiger partial charge in [0.2, 0.25) is 0 Å². The van der Waals surface area contributed by atoms with E-state index in [1.807, 2.05) is 62.4 Å². The SMILES string of the molecule is COc1ccc2nc(Nc3ccc(-c4ccc(C(=O)N[C@@H](CC(C)C)C(=O)O)c(OC)c4)cc3)sc2c1. The molecule has 3 aromatic carbocycles. The van der Waals surface area contributed by atoms with Crippen molar-refractivity contribution >= 4 is 44.2 Å². The van der Waals surface area contributed by atoms with Gasteiger partial charge in [0, 0.05) is 5.69 Å². The third-order valence-corrected chi connectivity index (χ3v) is 6.76. The third-order valence-electron chi connectivity index (χ3n) is 5.82. The number of amides is 1. The standard InChI is InChI=1S/C28H29N3O5S/c1-16(2)13-23(27(33)34)30-26(32)21-11-7-18(14-24(21)36-4)17-5-8-19(9-6-17)29-28-31-22-12-10-20(35-3)15-25(22)37-28/h5-12,14-16,23H,13H2,1-4H3,(H,29,31)(H,30,32)(H,33,34)/t23-/m0/s1. The minimum absolute atomic E-state index is 0.126. The summed E-state index contributed by atoms with van der Waals surface area (Å²) in [7, 11) is 3.13. The number of methoxy groups -OCH3 is 2. The van der Waals surface area contributed by atoms with E-state index in [2.05, 4.69) is 15.6 Å². The van der Waals surface area contributed by atoms with Crippen molar-refractivity contribution in [2.24, 2.45) is 5.92 Å². The topological polar surface area (TPSA) is 110 Å². The summed E-state index contributed by atoms with van der Waals surface area (Å²) in [4.78, 5) is 29.0. The molecule has 0 fully saturated rings. The van der Waals surface area contributed by atoms with Crippen LogP contribution >= 0.6 is 11.3 Å². The van der Waals surface area contributed by atoms with E-state index in [0.29, 0.717) is 12.2 Å². The number of carboxylic acid groups (broad SMARTS) is 1. The van der Waals surface area contributed by atoms with E-state index in [1.54, 1.807) is 30.6 Å². The van der Waals surface area contributed by atoms with Gasteiger partial charge in [-0.2, -0.15) is 0 Å². The molecule has 8 nitrogen and oxygen atoms in total. The van der Waals surface area contributed by atoms with Crippen molar-refractivity contribution in [3.63, 3.8) is 0 Å². The number of anilines is 2. The molecule has 37 heavy (non-hydrogen) atoms. The molecule has 1 aromatic heterocycles. The smallest absolute Gasteiger partial charge is 0.326 e. The minimum atomic E-state index is -1.06. The Labute approximate surface area is 219 Å². The highest BCUT2D eigenvalue weighted by atomic mass is 32.1. The fourth-order valence-corrected chi connectivity index (χ4v) is 4.86. The normalized spacial score (nSPS) is 11.8. The van der Waals surface area contributed by atoms with Crippen LogP contribution < -0.4 is 20.1 Å². The lowest BCUT2D eigenvalue weighted by Gasteiger charge is -2.18. The van der Waals surface area contributed by atoms with Crippen LogP contribution in [0.1, 0.15) is 30.6 Å². The lowest BCUT2D eigenvalue weighted by atomic mass is 10.0. The Morgan fingerprint density at radius 2 is 1.70 bits per heavy atom. The molecule has 0 unspecified atom stereocenters. The number of ether oxygens (including phenoxy) is 2. The minimum Gasteiger partial charge on any atom is -0.497 e. The summed E-state index contributed by atoms with van der Waals surface area (Å²) >= 11 is 1.55. The lowest BCUT2D eigenvalue weighted by Crippen LogP contribution is -2.41. The van der Waals surface area contributed by atoms with Crippen LogP contribution in [0.2, 0.25) is 0 Å². The molecular weight excluding hydrogens is 490 g/mol. The maximum Gasteiger partial charge on any atom is 0.326 e. The summed E-state index contributed by atoms with van der Waals surface area (Å²) < 4.78 is 11.8. The summed E-state index contributed by atoms with van der Waals surface area (Å²) in [6, 6.07) is 17.9. The van der Waals surface area contributed by atoms with Gasteiger partial charge in [0.25, 0.3) is 5.91 Å². The fraction of sp³-hybridized carbons (Fsp3) is 0.250. The molecule has 9 heteroatoms. The summed E-state index contributed by atoms with van der Waals surface area (Å²) in [5.74, 6) is -0.248. The van der Waals surface area contributed by atoms with E-state index in [9.17, 15) is 14.7 Å². The molecule has 0 spiro atoms. The number of benzene rings is 3. The van der Waals surface area contributed by atoms with Crippen LogP contribution in [-0.2, 0) is 4.79 Å². The maximum atomic E-state index is 12.8. The molecule has 1 atom stereocenters. The average molecular weight is 520 g/mol. The Kier molecular flexibility index (Phi) is 7.93. The lowest BCUT2D eigenvalue weighted by molar-refractivity contribution is -0.139. The van der Waals surface area contributed by atoms with Gasteiger partial charge >= 0.3 is 5.97 Å². The molecule has 0 saturated carbocycles. The number of carbonyl (C=O) groups excluding carboxylic acids is 1. The van der Waals surface area contributed by atoms with Crippen molar-refractivity contribution in [2.75, 3.05) is 19.5 Å². The molecule has 1 amide bonds. The van der Waals surface area contributed by atoms with E-state index in [-0.39, 0.29) is 11.5 Å². The molecule has 3 N–H and O–H groups in total. The molecule has 0 saturated heterocycles. The Morgan fingerprint density at radius 3 is 2.35 bits per heavy atom. The summed E-state index contributed by atoms with van der Waals surface area (Å²) in [5, 5.41) is 16.2. The molecule has 4 aromatic rings. The highest BCUT2D eigenvalue weighted by Gasteiger charge is 2.23. The first-order valence-corrected chi connectivity index (χ1v) is 12.6. The zero-order valence-electron chi connectivity index (χ0n) is 21.1. The predicted molar refractivity (Wildman–Crippen MR) is 146 cm³/mol. The summed E-state index contributed by atoms with van der Waals surface area (Å²) in [5.41, 5.74) is 3.88. The largest absolute Gasteiger partial charge is 0.497 e. The van der Waals surface area contributed by atoms with Crippen LogP contribution in [-0.4, -0.2) is 42.2 Å². The maximum absolute atomic E-state index is 12.8. The van der Waals surface area contributed by atoms with Crippen LogP contribution in [0.25, 0.3) is 21.3 Å². The first-order chi connectivity index (χ1) is 17.8. The summed E-state index contributed by atoms with van der Waals surface area (Å²) in [6.07, 6.45) is 0.340. The number of aromatic nitrogens is 1. The fourth-order valence-electron chi connectivity index (χ4n) is 3.94. The Morgan fingerprint density at radius 1 is 0.973 bits per heavy atom. The number of fused-ring (bicyclic) bond motifs is 1. The number of nitrogens with one attached hydrogen (secondary N) is 2. The van der Waals surface area contributed by atoms with Gasteiger partial charge in [0.1, 0.15) is 17.5 Å². The van der Waals surface area contributed by atoms with Gasteiger partial charge in [0.15, 0.2) is 5.13 Å². The van der Waals surface area contributed by atoms with Crippen molar-refractivity contribution in [2.45, 2.75) is 26.3 Å². The van der Waals surface area contributed by atoms with Gasteiger partial charge in [-0.1, -0.05) is 43.4 Å². The second-order valence-electron chi connectivity index (χ2n) is 8.96. The number of thiazole rings is 1. The molecule has 0 bridgehead atoms. The molecule has 192 valence electrons. The van der Waals surface area contributed by atoms with Crippen molar-refractivity contribution in [3.8, 4) is 22.6 Å². The van der Waals surface area contributed by atoms with E-state index in [0.717, 1.165) is 37.9 Å². The summed E-state index contributed by atoms with van der Waals surface area (Å²) in [6.45, 7) is 3.82. The zero-order chi connectivity index (χ0) is 26.5. The van der Waals surface area contributed by atoms with Crippen LogP contribution in [0.15, 0.2) is 60.7 Å². The predicted octanol–water partition coefficient (Wildman–Crippen LogP) is 5.95. The van der Waals surface area contributed by atoms with Crippen LogP contribution in [0, 0.1) is 5.92 Å². The number of hydrogen-bond donors (Lipinski definition) is 3. The Hall–Kier alpha value is -4.11. The molecule has 0 aliphatic heterocycles. The van der Waals surface area contributed by atoms with Gasteiger partial charge in [-0.3, -0.25) is 4.79 Å². The second kappa shape index (κ2) is 11.3. The van der Waals surface area contributed by atoms with E-state index in [1.165, 1.54) is 7.11 Å². The zero-order valence-corrected chi connectivity index (χ0v) is 21.9. The van der Waals surface area contributed by atoms with E-state index in [4.69, 9.17) is 9.47 Å². The number of carbonyl (C=O) groups is 2. The van der Waals surface area contributed by atoms with Gasteiger partial charge < -0.3 is 25.2 Å². The molecule has 0 aliphatic rings. The van der Waals surface area contributed by atoms with Gasteiger partial charge in [-0.05, 0) is 65.9 Å². The number of carboxylic acids is 1. The van der Waals surface area contributed by atoms with Crippen molar-refractivity contribution in [1.29, 1.82) is 0 Å². The molecule has 0 radical (unpaired) electrons. The first-order valence-electron chi connectivity index (χ1n) is 11.8. The van der Waals surface area contributed by atoms with Crippen LogP contribution in [0.3, 0.4) is 0 Å². The van der Waals surface area contributed by atoms with Crippen molar-refractivity contribution in [1.82, 2.24) is 10.3 Å². The van der Waals surface area contributed by atoms with Crippen molar-refractivity contribution in [3.05, 3.63) is 66.2 Å². The third kappa shape index (κ3) is 6.18. The quantitative estimate of drug-likeness (QED) is 0.237. The highest BCUT2D eigenvalue weighted by molar-refractivity contribution is 7.22. The second-order valence-corrected chi connectivity index (χ2v) is 9.99. The molecule has 1 heterocycles. The average Bonchev–Trinajstić information content (AvgIpc) is 3.29. The highest BCUT2D eigenvalue weighted by Crippen LogP contribution is 2.32. The van der Waals surface area contributed by atoms with Crippen LogP contribution in [0.5, 0.6) is 11.5 Å². The van der Waals surface area contributed by atoms with Crippen LogP contribution in [0.4, 0.5) is 10.8 Å². The van der Waals surface area contributed by atoms with Gasteiger partial charge in [0.05, 0.1) is 30.0 Å². The van der Waals surface area contributed by atoms with Crippen molar-refractivity contribution < 1.29 is 24.2 Å². The number of hydrogen-bond acceptors (Lipinski definition) is 7. The number of rotatable bonds is 10. The monoisotopic (exact) mass is 519 g/mol. The molecule has 4 rings (SSSR count). The van der Waals surface area contributed by atoms with E-state index < -0.39 is 17.9 Å². The van der Waals surface area contributed by atoms with Gasteiger partial charge in [-0.25, -0.2) is 9.78 Å². The Balaban J connectivity index is 1.49. The number of aliphatic carboxylic acids is 1. The number of nitrogens with zero attached hydrogens (tertiary/aromatic N) is 1. The van der Waals surface area contributed by atoms with E-state index >= 15 is 0 Å². The molecule has 0 aliphatic carbocycles. The Bertz CT molecular complexity index is 1420. The van der Waals surface area contributed by atoms with Gasteiger partial charge in [-0.15, -0.1) is 0 Å².